The molecule has 0 fully saturated rings. The Morgan fingerprint density at radius 3 is 2.71 bits per heavy atom. The SMILES string of the molecule is CCCc1nn(C)cc1-c1ccc(CNC(C)C)c(Cl)c1. The number of nitrogens with zero attached hydrogens (tertiary/aromatic N) is 2. The van der Waals surface area contributed by atoms with Crippen molar-refractivity contribution in [3.63, 3.8) is 0 Å². The molecule has 0 unspecified atom stereocenters. The van der Waals surface area contributed by atoms with E-state index in [1.807, 2.05) is 11.7 Å². The fourth-order valence-corrected chi connectivity index (χ4v) is 2.62. The summed E-state index contributed by atoms with van der Waals surface area (Å²) < 4.78 is 1.88. The summed E-state index contributed by atoms with van der Waals surface area (Å²) in [6.07, 6.45) is 4.15. The number of halogens is 1. The molecular formula is C17H24ClN3. The maximum atomic E-state index is 6.43. The van der Waals surface area contributed by atoms with Crippen LogP contribution in [0.5, 0.6) is 0 Å². The lowest BCUT2D eigenvalue weighted by molar-refractivity contribution is 0.589. The normalized spacial score (nSPS) is 11.3. The van der Waals surface area contributed by atoms with E-state index < -0.39 is 0 Å². The molecule has 1 N–H and O–H groups in total. The molecule has 1 aromatic carbocycles. The van der Waals surface area contributed by atoms with E-state index in [1.165, 1.54) is 5.56 Å². The quantitative estimate of drug-likeness (QED) is 0.867. The molecule has 21 heavy (non-hydrogen) atoms. The molecule has 0 atom stereocenters. The zero-order valence-corrected chi connectivity index (χ0v) is 14.0. The van der Waals surface area contributed by atoms with Crippen LogP contribution in [0.15, 0.2) is 24.4 Å². The molecule has 0 aliphatic heterocycles. The van der Waals surface area contributed by atoms with E-state index in [2.05, 4.69) is 55.6 Å². The Kier molecular flexibility index (Phi) is 5.43. The van der Waals surface area contributed by atoms with Gasteiger partial charge in [0, 0.05) is 36.4 Å². The van der Waals surface area contributed by atoms with Crippen LogP contribution >= 0.6 is 11.6 Å². The molecule has 0 saturated heterocycles. The second-order valence-corrected chi connectivity index (χ2v) is 6.16. The number of aryl methyl sites for hydroxylation is 2. The van der Waals surface area contributed by atoms with Crippen molar-refractivity contribution in [2.45, 2.75) is 46.2 Å². The standard InChI is InChI=1S/C17H24ClN3/c1-5-6-17-15(11-21(4)20-17)13-7-8-14(16(18)9-13)10-19-12(2)3/h7-9,11-12,19H,5-6,10H2,1-4H3. The van der Waals surface area contributed by atoms with Gasteiger partial charge in [0.1, 0.15) is 0 Å². The van der Waals surface area contributed by atoms with Crippen molar-refractivity contribution in [3.05, 3.63) is 40.7 Å². The summed E-state index contributed by atoms with van der Waals surface area (Å²) in [5.41, 5.74) is 4.61. The predicted molar refractivity (Wildman–Crippen MR) is 89.6 cm³/mol. The summed E-state index contributed by atoms with van der Waals surface area (Å²) in [6.45, 7) is 7.24. The molecule has 0 radical (unpaired) electrons. The second-order valence-electron chi connectivity index (χ2n) is 5.75. The van der Waals surface area contributed by atoms with Gasteiger partial charge in [-0.15, -0.1) is 0 Å². The van der Waals surface area contributed by atoms with Crippen LogP contribution in [0.2, 0.25) is 5.02 Å². The number of hydrogen-bond donors (Lipinski definition) is 1. The first-order valence-electron chi connectivity index (χ1n) is 7.56. The van der Waals surface area contributed by atoms with Crippen molar-refractivity contribution >= 4 is 11.6 Å². The highest BCUT2D eigenvalue weighted by atomic mass is 35.5. The van der Waals surface area contributed by atoms with Crippen LogP contribution in [0.25, 0.3) is 11.1 Å². The molecule has 1 aromatic heterocycles. The summed E-state index contributed by atoms with van der Waals surface area (Å²) in [7, 11) is 1.96. The summed E-state index contributed by atoms with van der Waals surface area (Å²) in [5, 5.41) is 8.76. The van der Waals surface area contributed by atoms with Crippen LogP contribution in [-0.2, 0) is 20.0 Å². The highest BCUT2D eigenvalue weighted by Crippen LogP contribution is 2.28. The zero-order chi connectivity index (χ0) is 15.4. The van der Waals surface area contributed by atoms with Crippen molar-refractivity contribution in [1.29, 1.82) is 0 Å². The number of benzene rings is 1. The number of nitrogens with one attached hydrogen (secondary N) is 1. The molecule has 0 saturated carbocycles. The molecule has 114 valence electrons. The van der Waals surface area contributed by atoms with Crippen LogP contribution in [0.4, 0.5) is 0 Å². The smallest absolute Gasteiger partial charge is 0.0702 e. The zero-order valence-electron chi connectivity index (χ0n) is 13.3. The molecule has 0 spiro atoms. The van der Waals surface area contributed by atoms with Gasteiger partial charge in [-0.05, 0) is 23.6 Å². The van der Waals surface area contributed by atoms with Crippen molar-refractivity contribution < 1.29 is 0 Å². The van der Waals surface area contributed by atoms with E-state index in [0.29, 0.717) is 6.04 Å². The van der Waals surface area contributed by atoms with Gasteiger partial charge in [-0.3, -0.25) is 4.68 Å². The Bertz CT molecular complexity index is 602. The number of rotatable bonds is 6. The summed E-state index contributed by atoms with van der Waals surface area (Å²) in [5.74, 6) is 0. The topological polar surface area (TPSA) is 29.9 Å². The Hall–Kier alpha value is -1.32. The third-order valence-corrected chi connectivity index (χ3v) is 3.81. The third kappa shape index (κ3) is 4.08. The van der Waals surface area contributed by atoms with Crippen molar-refractivity contribution in [2.75, 3.05) is 0 Å². The fraction of sp³-hybridized carbons (Fsp3) is 0.471. The third-order valence-electron chi connectivity index (χ3n) is 3.46. The minimum absolute atomic E-state index is 0.454. The Labute approximate surface area is 132 Å². The summed E-state index contributed by atoms with van der Waals surface area (Å²) in [4.78, 5) is 0. The first kappa shape index (κ1) is 16.1. The van der Waals surface area contributed by atoms with Crippen molar-refractivity contribution in [1.82, 2.24) is 15.1 Å². The Balaban J connectivity index is 2.27. The van der Waals surface area contributed by atoms with Crippen LogP contribution < -0.4 is 5.32 Å². The second kappa shape index (κ2) is 7.10. The molecular weight excluding hydrogens is 282 g/mol. The maximum absolute atomic E-state index is 6.43. The van der Waals surface area contributed by atoms with Crippen LogP contribution in [0.3, 0.4) is 0 Å². The van der Waals surface area contributed by atoms with E-state index in [-0.39, 0.29) is 0 Å². The maximum Gasteiger partial charge on any atom is 0.0702 e. The first-order chi connectivity index (χ1) is 10.0. The molecule has 0 aliphatic rings. The highest BCUT2D eigenvalue weighted by molar-refractivity contribution is 6.31. The van der Waals surface area contributed by atoms with E-state index in [1.54, 1.807) is 0 Å². The minimum atomic E-state index is 0.454. The molecule has 0 amide bonds. The van der Waals surface area contributed by atoms with Gasteiger partial charge in [0.15, 0.2) is 0 Å². The molecule has 1 heterocycles. The minimum Gasteiger partial charge on any atom is -0.310 e. The lowest BCUT2D eigenvalue weighted by atomic mass is 10.0. The summed E-state index contributed by atoms with van der Waals surface area (Å²) >= 11 is 6.43. The molecule has 2 rings (SSSR count). The Morgan fingerprint density at radius 2 is 2.10 bits per heavy atom. The number of aromatic nitrogens is 2. The van der Waals surface area contributed by atoms with Gasteiger partial charge in [-0.25, -0.2) is 0 Å². The lowest BCUT2D eigenvalue weighted by Gasteiger charge is -2.11. The lowest BCUT2D eigenvalue weighted by Crippen LogP contribution is -2.21. The monoisotopic (exact) mass is 305 g/mol. The predicted octanol–water partition coefficient (Wildman–Crippen LogP) is 4.19. The average molecular weight is 306 g/mol. The van der Waals surface area contributed by atoms with E-state index in [0.717, 1.165) is 41.2 Å². The first-order valence-corrected chi connectivity index (χ1v) is 7.93. The Morgan fingerprint density at radius 1 is 1.33 bits per heavy atom. The van der Waals surface area contributed by atoms with Gasteiger partial charge < -0.3 is 5.32 Å². The molecule has 0 aliphatic carbocycles. The van der Waals surface area contributed by atoms with E-state index >= 15 is 0 Å². The molecule has 4 heteroatoms. The van der Waals surface area contributed by atoms with Gasteiger partial charge in [0.2, 0.25) is 0 Å². The van der Waals surface area contributed by atoms with E-state index in [9.17, 15) is 0 Å². The summed E-state index contributed by atoms with van der Waals surface area (Å²) in [6, 6.07) is 6.75. The van der Waals surface area contributed by atoms with Gasteiger partial charge in [0.05, 0.1) is 5.69 Å². The van der Waals surface area contributed by atoms with Crippen LogP contribution in [-0.4, -0.2) is 15.8 Å². The molecule has 2 aromatic rings. The fourth-order valence-electron chi connectivity index (χ4n) is 2.37. The number of hydrogen-bond acceptors (Lipinski definition) is 2. The van der Waals surface area contributed by atoms with E-state index in [4.69, 9.17) is 11.6 Å². The highest BCUT2D eigenvalue weighted by Gasteiger charge is 2.11. The largest absolute Gasteiger partial charge is 0.310 e. The van der Waals surface area contributed by atoms with Crippen LogP contribution in [0.1, 0.15) is 38.4 Å². The van der Waals surface area contributed by atoms with Gasteiger partial charge in [0.25, 0.3) is 0 Å². The van der Waals surface area contributed by atoms with Crippen molar-refractivity contribution in [2.24, 2.45) is 7.05 Å². The van der Waals surface area contributed by atoms with Gasteiger partial charge in [-0.2, -0.15) is 5.10 Å². The van der Waals surface area contributed by atoms with Crippen molar-refractivity contribution in [3.8, 4) is 11.1 Å². The average Bonchev–Trinajstić information content (AvgIpc) is 2.78. The van der Waals surface area contributed by atoms with Crippen LogP contribution in [0, 0.1) is 0 Å². The molecule has 0 bridgehead atoms. The van der Waals surface area contributed by atoms with Gasteiger partial charge in [-0.1, -0.05) is 50.9 Å². The molecule has 3 nitrogen and oxygen atoms in total. The van der Waals surface area contributed by atoms with Gasteiger partial charge >= 0.3 is 0 Å².